The van der Waals surface area contributed by atoms with Crippen LogP contribution in [-0.2, 0) is 4.79 Å². The van der Waals surface area contributed by atoms with Crippen molar-refractivity contribution in [1.82, 2.24) is 9.80 Å². The zero-order valence-corrected chi connectivity index (χ0v) is 10.3. The summed E-state index contributed by atoms with van der Waals surface area (Å²) in [6, 6.07) is -0.144. The number of urea groups is 1. The zero-order chi connectivity index (χ0) is 13.0. The molecule has 6 nitrogen and oxygen atoms in total. The van der Waals surface area contributed by atoms with Gasteiger partial charge in [0.1, 0.15) is 0 Å². The summed E-state index contributed by atoms with van der Waals surface area (Å²) in [7, 11) is 1.64. The number of aliphatic hydroxyl groups excluding tert-OH is 1. The molecule has 17 heavy (non-hydrogen) atoms. The second-order valence-corrected chi connectivity index (χ2v) is 4.61. The van der Waals surface area contributed by atoms with Gasteiger partial charge in [0.2, 0.25) is 0 Å². The SMILES string of the molecule is CC(O)CN(C)C(=O)N1CCC(C(=O)O)CC1. The summed E-state index contributed by atoms with van der Waals surface area (Å²) in [6.07, 6.45) is 0.452. The van der Waals surface area contributed by atoms with Gasteiger partial charge in [-0.3, -0.25) is 4.79 Å². The van der Waals surface area contributed by atoms with E-state index < -0.39 is 12.1 Å². The van der Waals surface area contributed by atoms with Crippen molar-refractivity contribution in [3.8, 4) is 0 Å². The predicted molar refractivity (Wildman–Crippen MR) is 61.6 cm³/mol. The average molecular weight is 244 g/mol. The molecule has 1 fully saturated rings. The van der Waals surface area contributed by atoms with Crippen molar-refractivity contribution in [2.24, 2.45) is 5.92 Å². The first kappa shape index (κ1) is 13.8. The number of aliphatic carboxylic acids is 1. The summed E-state index contributed by atoms with van der Waals surface area (Å²) in [5.41, 5.74) is 0. The molecule has 6 heteroatoms. The number of aliphatic hydroxyl groups is 1. The van der Waals surface area contributed by atoms with E-state index in [1.165, 1.54) is 4.90 Å². The molecule has 1 rings (SSSR count). The molecule has 1 aliphatic rings. The summed E-state index contributed by atoms with van der Waals surface area (Å²) in [5.74, 6) is -1.12. The maximum atomic E-state index is 11.9. The highest BCUT2D eigenvalue weighted by atomic mass is 16.4. The van der Waals surface area contributed by atoms with Gasteiger partial charge in [0, 0.05) is 26.7 Å². The van der Waals surface area contributed by atoms with Gasteiger partial charge >= 0.3 is 12.0 Å². The van der Waals surface area contributed by atoms with Crippen molar-refractivity contribution in [3.05, 3.63) is 0 Å². The van der Waals surface area contributed by atoms with Crippen LogP contribution >= 0.6 is 0 Å². The lowest BCUT2D eigenvalue weighted by Crippen LogP contribution is -2.47. The minimum absolute atomic E-state index is 0.144. The molecule has 0 spiro atoms. The normalized spacial score (nSPS) is 18.9. The third-order valence-corrected chi connectivity index (χ3v) is 2.98. The Morgan fingerprint density at radius 2 is 1.94 bits per heavy atom. The largest absolute Gasteiger partial charge is 0.481 e. The Hall–Kier alpha value is -1.30. The first-order valence-corrected chi connectivity index (χ1v) is 5.82. The van der Waals surface area contributed by atoms with Gasteiger partial charge in [0.15, 0.2) is 0 Å². The lowest BCUT2D eigenvalue weighted by molar-refractivity contribution is -0.143. The van der Waals surface area contributed by atoms with Crippen molar-refractivity contribution in [2.45, 2.75) is 25.9 Å². The molecule has 1 saturated heterocycles. The Labute approximate surface area is 101 Å². The number of carbonyl (C=O) groups is 2. The van der Waals surface area contributed by atoms with E-state index >= 15 is 0 Å². The third kappa shape index (κ3) is 3.89. The van der Waals surface area contributed by atoms with Gasteiger partial charge in [-0.05, 0) is 19.8 Å². The van der Waals surface area contributed by atoms with Gasteiger partial charge in [-0.25, -0.2) is 4.79 Å². The predicted octanol–water partition coefficient (Wildman–Crippen LogP) is 0.216. The molecule has 0 saturated carbocycles. The molecule has 1 heterocycles. The highest BCUT2D eigenvalue weighted by Crippen LogP contribution is 2.18. The molecule has 0 radical (unpaired) electrons. The first-order valence-electron chi connectivity index (χ1n) is 5.82. The van der Waals surface area contributed by atoms with Gasteiger partial charge in [-0.1, -0.05) is 0 Å². The molecule has 0 aromatic carbocycles. The summed E-state index contributed by atoms with van der Waals surface area (Å²) >= 11 is 0. The lowest BCUT2D eigenvalue weighted by atomic mass is 9.97. The van der Waals surface area contributed by atoms with Crippen molar-refractivity contribution < 1.29 is 19.8 Å². The van der Waals surface area contributed by atoms with E-state index in [1.54, 1.807) is 18.9 Å². The van der Waals surface area contributed by atoms with Crippen LogP contribution in [-0.4, -0.2) is 64.8 Å². The van der Waals surface area contributed by atoms with E-state index in [2.05, 4.69) is 0 Å². The van der Waals surface area contributed by atoms with Gasteiger partial charge in [-0.15, -0.1) is 0 Å². The first-order chi connectivity index (χ1) is 7.91. The third-order valence-electron chi connectivity index (χ3n) is 2.98. The Bertz CT molecular complexity index is 285. The zero-order valence-electron chi connectivity index (χ0n) is 10.3. The number of likely N-dealkylation sites (tertiary alicyclic amines) is 1. The summed E-state index contributed by atoms with van der Waals surface area (Å²) in [5, 5.41) is 18.0. The number of likely N-dealkylation sites (N-methyl/N-ethyl adjacent to an activating group) is 1. The maximum Gasteiger partial charge on any atom is 0.319 e. The minimum Gasteiger partial charge on any atom is -0.481 e. The molecule has 1 aliphatic heterocycles. The minimum atomic E-state index is -0.783. The van der Waals surface area contributed by atoms with Crippen LogP contribution < -0.4 is 0 Å². The van der Waals surface area contributed by atoms with Crippen molar-refractivity contribution in [2.75, 3.05) is 26.7 Å². The van der Waals surface area contributed by atoms with E-state index in [0.717, 1.165) is 0 Å². The number of piperidine rings is 1. The fourth-order valence-corrected chi connectivity index (χ4v) is 2.03. The van der Waals surface area contributed by atoms with E-state index in [9.17, 15) is 14.7 Å². The van der Waals surface area contributed by atoms with Crippen LogP contribution in [0.1, 0.15) is 19.8 Å². The van der Waals surface area contributed by atoms with Gasteiger partial charge < -0.3 is 20.0 Å². The fraction of sp³-hybridized carbons (Fsp3) is 0.818. The molecule has 0 aliphatic carbocycles. The quantitative estimate of drug-likeness (QED) is 0.744. The van der Waals surface area contributed by atoms with Crippen LogP contribution in [0.2, 0.25) is 0 Å². The fourth-order valence-electron chi connectivity index (χ4n) is 2.03. The standard InChI is InChI=1S/C11H20N2O4/c1-8(14)7-12(2)11(17)13-5-3-9(4-6-13)10(15)16/h8-9,14H,3-7H2,1-2H3,(H,15,16). The number of carboxylic acids is 1. The van der Waals surface area contributed by atoms with Crippen LogP contribution in [0.5, 0.6) is 0 Å². The molecule has 98 valence electrons. The smallest absolute Gasteiger partial charge is 0.319 e. The van der Waals surface area contributed by atoms with Crippen LogP contribution in [0.4, 0.5) is 4.79 Å². The van der Waals surface area contributed by atoms with Crippen LogP contribution in [0, 0.1) is 5.92 Å². The Morgan fingerprint density at radius 1 is 1.41 bits per heavy atom. The molecule has 1 atom stereocenters. The number of nitrogens with zero attached hydrogens (tertiary/aromatic N) is 2. The topological polar surface area (TPSA) is 81.1 Å². The van der Waals surface area contributed by atoms with Crippen LogP contribution in [0.15, 0.2) is 0 Å². The number of carbonyl (C=O) groups excluding carboxylic acids is 1. The number of rotatable bonds is 3. The van der Waals surface area contributed by atoms with E-state index in [0.29, 0.717) is 25.9 Å². The van der Waals surface area contributed by atoms with Crippen molar-refractivity contribution in [3.63, 3.8) is 0 Å². The summed E-state index contributed by atoms with van der Waals surface area (Å²) < 4.78 is 0. The molecular formula is C11H20N2O4. The molecular weight excluding hydrogens is 224 g/mol. The lowest BCUT2D eigenvalue weighted by Gasteiger charge is -2.33. The van der Waals surface area contributed by atoms with Gasteiger partial charge in [0.25, 0.3) is 0 Å². The molecule has 0 aromatic heterocycles. The highest BCUT2D eigenvalue weighted by molar-refractivity contribution is 5.75. The second-order valence-electron chi connectivity index (χ2n) is 4.61. The van der Waals surface area contributed by atoms with Gasteiger partial charge in [-0.2, -0.15) is 0 Å². The second kappa shape index (κ2) is 5.86. The highest BCUT2D eigenvalue weighted by Gasteiger charge is 2.28. The van der Waals surface area contributed by atoms with Crippen molar-refractivity contribution in [1.29, 1.82) is 0 Å². The molecule has 2 amide bonds. The Balaban J connectivity index is 2.43. The maximum absolute atomic E-state index is 11.9. The number of hydrogen-bond donors (Lipinski definition) is 2. The Kier molecular flexibility index (Phi) is 4.74. The number of hydrogen-bond acceptors (Lipinski definition) is 3. The van der Waals surface area contributed by atoms with E-state index in [1.807, 2.05) is 0 Å². The summed E-state index contributed by atoms with van der Waals surface area (Å²) in [6.45, 7) is 2.86. The van der Waals surface area contributed by atoms with Crippen LogP contribution in [0.3, 0.4) is 0 Å². The molecule has 0 aromatic rings. The van der Waals surface area contributed by atoms with Crippen LogP contribution in [0.25, 0.3) is 0 Å². The monoisotopic (exact) mass is 244 g/mol. The summed E-state index contributed by atoms with van der Waals surface area (Å²) in [4.78, 5) is 25.8. The average Bonchev–Trinajstić information content (AvgIpc) is 2.27. The van der Waals surface area contributed by atoms with Crippen molar-refractivity contribution >= 4 is 12.0 Å². The number of amides is 2. The molecule has 2 N–H and O–H groups in total. The van der Waals surface area contributed by atoms with Gasteiger partial charge in [0.05, 0.1) is 12.0 Å². The molecule has 1 unspecified atom stereocenters. The Morgan fingerprint density at radius 3 is 2.35 bits per heavy atom. The number of carboxylic acid groups (broad SMARTS) is 1. The van der Waals surface area contributed by atoms with E-state index in [4.69, 9.17) is 5.11 Å². The molecule has 0 bridgehead atoms. The van der Waals surface area contributed by atoms with E-state index in [-0.39, 0.29) is 18.5 Å².